The first-order valence-corrected chi connectivity index (χ1v) is 7.65. The topological polar surface area (TPSA) is 72.1 Å². The lowest BCUT2D eigenvalue weighted by Gasteiger charge is -2.27. The summed E-state index contributed by atoms with van der Waals surface area (Å²) >= 11 is 0. The molecule has 0 atom stereocenters. The number of hydrogen-bond donors (Lipinski definition) is 1. The van der Waals surface area contributed by atoms with Gasteiger partial charge in [0.2, 0.25) is 5.95 Å². The molecule has 1 saturated heterocycles. The van der Waals surface area contributed by atoms with Gasteiger partial charge in [-0.1, -0.05) is 24.3 Å². The predicted molar refractivity (Wildman–Crippen MR) is 86.8 cm³/mol. The lowest BCUT2D eigenvalue weighted by Crippen LogP contribution is -2.31. The van der Waals surface area contributed by atoms with Crippen LogP contribution in [0, 0.1) is 6.92 Å². The third-order valence-corrected chi connectivity index (χ3v) is 4.03. The Morgan fingerprint density at radius 3 is 2.55 bits per heavy atom. The minimum absolute atomic E-state index is 0.272. The van der Waals surface area contributed by atoms with Crippen molar-refractivity contribution in [2.75, 3.05) is 18.0 Å². The Hall–Kier alpha value is -2.43. The summed E-state index contributed by atoms with van der Waals surface area (Å²) < 4.78 is 0. The summed E-state index contributed by atoms with van der Waals surface area (Å²) in [5.74, 6) is 0.0877. The van der Waals surface area contributed by atoms with Crippen molar-refractivity contribution >= 4 is 11.9 Å². The number of benzene rings is 1. The van der Waals surface area contributed by atoms with Gasteiger partial charge in [-0.3, -0.25) is 4.79 Å². The molecule has 2 heterocycles. The highest BCUT2D eigenvalue weighted by molar-refractivity contribution is 5.92. The van der Waals surface area contributed by atoms with E-state index in [0.717, 1.165) is 42.8 Å². The van der Waals surface area contributed by atoms with Crippen LogP contribution in [0.5, 0.6) is 0 Å². The van der Waals surface area contributed by atoms with Crippen LogP contribution in [0.25, 0.3) is 11.3 Å². The first-order chi connectivity index (χ1) is 10.6. The van der Waals surface area contributed by atoms with E-state index in [2.05, 4.69) is 14.9 Å². The molecule has 1 fully saturated rings. The van der Waals surface area contributed by atoms with E-state index in [9.17, 15) is 4.79 Å². The molecule has 114 valence electrons. The second kappa shape index (κ2) is 6.13. The van der Waals surface area contributed by atoms with E-state index in [0.29, 0.717) is 5.95 Å². The summed E-state index contributed by atoms with van der Waals surface area (Å²) in [6.07, 6.45) is 3.49. The van der Waals surface area contributed by atoms with E-state index in [4.69, 9.17) is 5.73 Å². The van der Waals surface area contributed by atoms with E-state index in [-0.39, 0.29) is 5.69 Å². The molecule has 2 aromatic rings. The number of aryl methyl sites for hydroxylation is 1. The normalized spacial score (nSPS) is 14.9. The van der Waals surface area contributed by atoms with Gasteiger partial charge in [-0.15, -0.1) is 0 Å². The molecule has 0 spiro atoms. The van der Waals surface area contributed by atoms with E-state index < -0.39 is 5.91 Å². The zero-order valence-electron chi connectivity index (χ0n) is 12.7. The maximum atomic E-state index is 11.6. The third kappa shape index (κ3) is 2.93. The molecule has 0 bridgehead atoms. The van der Waals surface area contributed by atoms with Gasteiger partial charge < -0.3 is 10.6 Å². The lowest BCUT2D eigenvalue weighted by atomic mass is 10.1. The first-order valence-electron chi connectivity index (χ1n) is 7.65. The number of carbonyl (C=O) groups is 1. The van der Waals surface area contributed by atoms with Crippen molar-refractivity contribution in [3.8, 4) is 11.3 Å². The van der Waals surface area contributed by atoms with Crippen LogP contribution >= 0.6 is 0 Å². The second-order valence-electron chi connectivity index (χ2n) is 5.67. The highest BCUT2D eigenvalue weighted by atomic mass is 16.1. The van der Waals surface area contributed by atoms with Gasteiger partial charge in [0.1, 0.15) is 5.69 Å². The molecular formula is C17H20N4O. The molecule has 1 amide bonds. The molecule has 0 radical (unpaired) electrons. The highest BCUT2D eigenvalue weighted by Crippen LogP contribution is 2.25. The zero-order valence-corrected chi connectivity index (χ0v) is 12.7. The maximum absolute atomic E-state index is 11.6. The molecule has 1 aromatic heterocycles. The molecule has 0 saturated carbocycles. The van der Waals surface area contributed by atoms with E-state index in [1.165, 1.54) is 6.42 Å². The fraction of sp³-hybridized carbons (Fsp3) is 0.353. The van der Waals surface area contributed by atoms with Crippen LogP contribution in [-0.4, -0.2) is 29.0 Å². The minimum Gasteiger partial charge on any atom is -0.364 e. The van der Waals surface area contributed by atoms with Crippen LogP contribution in [0.2, 0.25) is 0 Å². The SMILES string of the molecule is Cc1ccccc1-c1cc(C(N)=O)nc(N2CCCCC2)n1. The van der Waals surface area contributed by atoms with Crippen molar-refractivity contribution < 1.29 is 4.79 Å². The molecule has 1 aliphatic rings. The molecule has 0 aliphatic carbocycles. The van der Waals surface area contributed by atoms with Crippen molar-refractivity contribution in [1.29, 1.82) is 0 Å². The number of primary amides is 1. The number of anilines is 1. The van der Waals surface area contributed by atoms with E-state index >= 15 is 0 Å². The van der Waals surface area contributed by atoms with Crippen LogP contribution in [-0.2, 0) is 0 Å². The van der Waals surface area contributed by atoms with Crippen molar-refractivity contribution in [3.63, 3.8) is 0 Å². The fourth-order valence-corrected chi connectivity index (χ4v) is 2.79. The average molecular weight is 296 g/mol. The molecule has 0 unspecified atom stereocenters. The second-order valence-corrected chi connectivity index (χ2v) is 5.67. The molecule has 5 nitrogen and oxygen atoms in total. The number of piperidine rings is 1. The van der Waals surface area contributed by atoms with Crippen LogP contribution in [0.1, 0.15) is 35.3 Å². The molecule has 5 heteroatoms. The number of aromatic nitrogens is 2. The Morgan fingerprint density at radius 2 is 1.86 bits per heavy atom. The highest BCUT2D eigenvalue weighted by Gasteiger charge is 2.18. The summed E-state index contributed by atoms with van der Waals surface area (Å²) in [6, 6.07) is 9.66. The Bertz CT molecular complexity index is 693. The predicted octanol–water partition coefficient (Wildman–Crippen LogP) is 2.54. The van der Waals surface area contributed by atoms with Crippen molar-refractivity contribution in [1.82, 2.24) is 9.97 Å². The Kier molecular flexibility index (Phi) is 4.04. The first kappa shape index (κ1) is 14.5. The van der Waals surface area contributed by atoms with Gasteiger partial charge in [-0.25, -0.2) is 9.97 Å². The fourth-order valence-electron chi connectivity index (χ4n) is 2.79. The molecule has 1 aromatic carbocycles. The Morgan fingerprint density at radius 1 is 1.14 bits per heavy atom. The molecular weight excluding hydrogens is 276 g/mol. The van der Waals surface area contributed by atoms with Gasteiger partial charge in [-0.05, 0) is 37.8 Å². The number of amides is 1. The largest absolute Gasteiger partial charge is 0.364 e. The molecule has 2 N–H and O–H groups in total. The standard InChI is InChI=1S/C17H20N4O/c1-12-7-3-4-8-13(12)14-11-15(16(18)22)20-17(19-14)21-9-5-2-6-10-21/h3-4,7-8,11H,2,5-6,9-10H2,1H3,(H2,18,22). The summed E-state index contributed by atoms with van der Waals surface area (Å²) in [5, 5.41) is 0. The minimum atomic E-state index is -0.518. The number of rotatable bonds is 3. The van der Waals surface area contributed by atoms with Gasteiger partial charge in [0.25, 0.3) is 5.91 Å². The van der Waals surface area contributed by atoms with Crippen molar-refractivity contribution in [3.05, 3.63) is 41.6 Å². The Labute approximate surface area is 130 Å². The molecule has 3 rings (SSSR count). The van der Waals surface area contributed by atoms with Gasteiger partial charge in [-0.2, -0.15) is 0 Å². The summed E-state index contributed by atoms with van der Waals surface area (Å²) in [4.78, 5) is 22.8. The van der Waals surface area contributed by atoms with Crippen LogP contribution in [0.4, 0.5) is 5.95 Å². The van der Waals surface area contributed by atoms with Crippen LogP contribution in [0.15, 0.2) is 30.3 Å². The van der Waals surface area contributed by atoms with Gasteiger partial charge in [0.15, 0.2) is 0 Å². The summed E-state index contributed by atoms with van der Waals surface area (Å²) in [5.41, 5.74) is 8.59. The number of nitrogens with two attached hydrogens (primary N) is 1. The lowest BCUT2D eigenvalue weighted by molar-refractivity contribution is 0.0995. The number of hydrogen-bond acceptors (Lipinski definition) is 4. The van der Waals surface area contributed by atoms with E-state index in [1.807, 2.05) is 31.2 Å². The van der Waals surface area contributed by atoms with Crippen LogP contribution < -0.4 is 10.6 Å². The monoisotopic (exact) mass is 296 g/mol. The van der Waals surface area contributed by atoms with E-state index in [1.54, 1.807) is 6.07 Å². The van der Waals surface area contributed by atoms with Gasteiger partial charge in [0, 0.05) is 18.7 Å². The average Bonchev–Trinajstić information content (AvgIpc) is 2.55. The maximum Gasteiger partial charge on any atom is 0.267 e. The smallest absolute Gasteiger partial charge is 0.267 e. The zero-order chi connectivity index (χ0) is 15.5. The van der Waals surface area contributed by atoms with Gasteiger partial charge >= 0.3 is 0 Å². The quantitative estimate of drug-likeness (QED) is 0.944. The molecule has 1 aliphatic heterocycles. The van der Waals surface area contributed by atoms with Crippen LogP contribution in [0.3, 0.4) is 0 Å². The third-order valence-electron chi connectivity index (χ3n) is 4.03. The summed E-state index contributed by atoms with van der Waals surface area (Å²) in [7, 11) is 0. The van der Waals surface area contributed by atoms with Gasteiger partial charge in [0.05, 0.1) is 5.69 Å². The number of nitrogens with zero attached hydrogens (tertiary/aromatic N) is 3. The summed E-state index contributed by atoms with van der Waals surface area (Å²) in [6.45, 7) is 3.88. The van der Waals surface area contributed by atoms with Crippen molar-refractivity contribution in [2.24, 2.45) is 5.73 Å². The number of carbonyl (C=O) groups excluding carboxylic acids is 1. The van der Waals surface area contributed by atoms with Crippen molar-refractivity contribution in [2.45, 2.75) is 26.2 Å². The Balaban J connectivity index is 2.08. The molecule has 22 heavy (non-hydrogen) atoms.